The van der Waals surface area contributed by atoms with Gasteiger partial charge < -0.3 is 0 Å². The van der Waals surface area contributed by atoms with Crippen molar-refractivity contribution in [3.8, 4) is 0 Å². The molecule has 1 nitrogen and oxygen atoms in total. The number of halogens is 2. The maximum atomic E-state index is 10.6. The van der Waals surface area contributed by atoms with E-state index in [0.29, 0.717) is 5.88 Å². The van der Waals surface area contributed by atoms with Gasteiger partial charge in [-0.1, -0.05) is 6.07 Å². The van der Waals surface area contributed by atoms with Crippen LogP contribution in [0.2, 0.25) is 0 Å². The minimum Gasteiger partial charge on any atom is -0.297 e. The molecular formula is C10H6ClIOS. The molecule has 72 valence electrons. The highest BCUT2D eigenvalue weighted by Gasteiger charge is 2.08. The van der Waals surface area contributed by atoms with Crippen molar-refractivity contribution in [1.82, 2.24) is 0 Å². The molecule has 0 amide bonds. The van der Waals surface area contributed by atoms with E-state index < -0.39 is 0 Å². The summed E-state index contributed by atoms with van der Waals surface area (Å²) in [5, 5.41) is 1.10. The lowest BCUT2D eigenvalue weighted by molar-refractivity contribution is 0.112. The van der Waals surface area contributed by atoms with E-state index in [4.69, 9.17) is 11.6 Å². The van der Waals surface area contributed by atoms with Gasteiger partial charge in [0.05, 0.1) is 4.88 Å². The lowest BCUT2D eigenvalue weighted by Gasteiger charge is -2.00. The minimum atomic E-state index is 0.494. The number of fused-ring (bicyclic) bond motifs is 1. The van der Waals surface area contributed by atoms with Crippen molar-refractivity contribution in [2.75, 3.05) is 0 Å². The standard InChI is InChI=1S/C10H6ClIOS/c11-4-8-9(12)2-1-6-3-7(5-13)14-10(6)8/h1-3,5H,4H2. The third-order valence-corrected chi connectivity index (χ3v) is 4.42. The van der Waals surface area contributed by atoms with Gasteiger partial charge in [0, 0.05) is 14.2 Å². The summed E-state index contributed by atoms with van der Waals surface area (Å²) in [6, 6.07) is 5.96. The topological polar surface area (TPSA) is 17.1 Å². The second-order valence-corrected chi connectivity index (χ2v) is 5.36. The van der Waals surface area contributed by atoms with Gasteiger partial charge in [-0.05, 0) is 45.7 Å². The molecular weight excluding hydrogens is 331 g/mol. The van der Waals surface area contributed by atoms with E-state index in [1.165, 1.54) is 11.3 Å². The Balaban J connectivity index is 2.79. The Kier molecular flexibility index (Phi) is 3.09. The summed E-state index contributed by atoms with van der Waals surface area (Å²) in [5.41, 5.74) is 1.13. The molecule has 0 aliphatic carbocycles. The van der Waals surface area contributed by atoms with Crippen LogP contribution in [0.1, 0.15) is 15.2 Å². The summed E-state index contributed by atoms with van der Waals surface area (Å²) < 4.78 is 2.29. The predicted octanol–water partition coefficient (Wildman–Crippen LogP) is 4.06. The predicted molar refractivity (Wildman–Crippen MR) is 69.5 cm³/mol. The maximum Gasteiger partial charge on any atom is 0.160 e. The summed E-state index contributed by atoms with van der Waals surface area (Å²) in [6.07, 6.45) is 0.884. The monoisotopic (exact) mass is 336 g/mol. The van der Waals surface area contributed by atoms with Gasteiger partial charge in [0.15, 0.2) is 6.29 Å². The number of hydrogen-bond acceptors (Lipinski definition) is 2. The van der Waals surface area contributed by atoms with Crippen molar-refractivity contribution in [3.63, 3.8) is 0 Å². The van der Waals surface area contributed by atoms with Gasteiger partial charge >= 0.3 is 0 Å². The molecule has 1 aromatic carbocycles. The van der Waals surface area contributed by atoms with Crippen LogP contribution in [0.4, 0.5) is 0 Å². The number of rotatable bonds is 2. The number of thiophene rings is 1. The van der Waals surface area contributed by atoms with Crippen LogP contribution < -0.4 is 0 Å². The molecule has 2 rings (SSSR count). The van der Waals surface area contributed by atoms with Crippen LogP contribution >= 0.6 is 45.5 Å². The van der Waals surface area contributed by atoms with Crippen LogP contribution in [0.15, 0.2) is 18.2 Å². The first-order chi connectivity index (χ1) is 6.76. The fourth-order valence-electron chi connectivity index (χ4n) is 1.34. The average molecular weight is 337 g/mol. The Labute approximate surface area is 104 Å². The molecule has 14 heavy (non-hydrogen) atoms. The first-order valence-corrected chi connectivity index (χ1v) is 6.41. The first kappa shape index (κ1) is 10.4. The summed E-state index contributed by atoms with van der Waals surface area (Å²) in [6.45, 7) is 0. The summed E-state index contributed by atoms with van der Waals surface area (Å²) in [4.78, 5) is 11.4. The zero-order chi connectivity index (χ0) is 10.1. The summed E-state index contributed by atoms with van der Waals surface area (Å²) in [5.74, 6) is 0.494. The van der Waals surface area contributed by atoms with Gasteiger partial charge in [-0.3, -0.25) is 4.79 Å². The molecule has 0 N–H and O–H groups in total. The molecule has 4 heteroatoms. The van der Waals surface area contributed by atoms with E-state index in [2.05, 4.69) is 22.6 Å². The van der Waals surface area contributed by atoms with Crippen molar-refractivity contribution in [2.45, 2.75) is 5.88 Å². The molecule has 0 aliphatic rings. The fraction of sp³-hybridized carbons (Fsp3) is 0.100. The smallest absolute Gasteiger partial charge is 0.160 e. The Hall–Kier alpha value is -0.130. The van der Waals surface area contributed by atoms with Crippen molar-refractivity contribution in [1.29, 1.82) is 0 Å². The molecule has 0 atom stereocenters. The molecule has 0 bridgehead atoms. The molecule has 0 saturated heterocycles. The number of alkyl halides is 1. The Bertz CT molecular complexity index is 492. The van der Waals surface area contributed by atoms with E-state index in [9.17, 15) is 4.79 Å². The van der Waals surface area contributed by atoms with Crippen molar-refractivity contribution in [3.05, 3.63) is 32.2 Å². The van der Waals surface area contributed by atoms with E-state index in [0.717, 1.165) is 30.4 Å². The zero-order valence-electron chi connectivity index (χ0n) is 7.09. The highest BCUT2D eigenvalue weighted by atomic mass is 127. The van der Waals surface area contributed by atoms with Crippen LogP contribution in [0.25, 0.3) is 10.1 Å². The van der Waals surface area contributed by atoms with Gasteiger partial charge in [0.1, 0.15) is 0 Å². The quantitative estimate of drug-likeness (QED) is 0.459. The highest BCUT2D eigenvalue weighted by Crippen LogP contribution is 2.31. The molecule has 1 heterocycles. The lowest BCUT2D eigenvalue weighted by Crippen LogP contribution is -1.82. The SMILES string of the molecule is O=Cc1cc2ccc(I)c(CCl)c2s1. The van der Waals surface area contributed by atoms with Crippen molar-refractivity contribution >= 4 is 61.9 Å². The molecule has 0 fully saturated rings. The number of aldehydes is 1. The molecule has 0 spiro atoms. The molecule has 0 radical (unpaired) electrons. The average Bonchev–Trinajstić information content (AvgIpc) is 2.60. The maximum absolute atomic E-state index is 10.6. The number of hydrogen-bond donors (Lipinski definition) is 0. The molecule has 0 unspecified atom stereocenters. The largest absolute Gasteiger partial charge is 0.297 e. The summed E-state index contributed by atoms with van der Waals surface area (Å²) in [7, 11) is 0. The van der Waals surface area contributed by atoms with E-state index in [1.54, 1.807) is 0 Å². The number of carbonyl (C=O) groups excluding carboxylic acids is 1. The Morgan fingerprint density at radius 1 is 1.50 bits per heavy atom. The van der Waals surface area contributed by atoms with Crippen LogP contribution in [0.5, 0.6) is 0 Å². The Morgan fingerprint density at radius 3 is 2.93 bits per heavy atom. The van der Waals surface area contributed by atoms with Gasteiger partial charge in [0.25, 0.3) is 0 Å². The van der Waals surface area contributed by atoms with Gasteiger partial charge in [0.2, 0.25) is 0 Å². The van der Waals surface area contributed by atoms with Crippen LogP contribution in [-0.4, -0.2) is 6.29 Å². The highest BCUT2D eigenvalue weighted by molar-refractivity contribution is 14.1. The van der Waals surface area contributed by atoms with Crippen LogP contribution in [-0.2, 0) is 5.88 Å². The fourth-order valence-corrected chi connectivity index (χ4v) is 3.76. The van der Waals surface area contributed by atoms with Gasteiger partial charge in [-0.25, -0.2) is 0 Å². The third-order valence-electron chi connectivity index (χ3n) is 2.00. The van der Waals surface area contributed by atoms with Gasteiger partial charge in [-0.2, -0.15) is 0 Å². The minimum absolute atomic E-state index is 0.494. The van der Waals surface area contributed by atoms with E-state index >= 15 is 0 Å². The first-order valence-electron chi connectivity index (χ1n) is 3.98. The normalized spacial score (nSPS) is 10.7. The van der Waals surface area contributed by atoms with Crippen molar-refractivity contribution < 1.29 is 4.79 Å². The van der Waals surface area contributed by atoms with E-state index in [1.807, 2.05) is 18.2 Å². The molecule has 0 aliphatic heterocycles. The summed E-state index contributed by atoms with van der Waals surface area (Å²) >= 11 is 9.65. The molecule has 1 aromatic heterocycles. The second kappa shape index (κ2) is 4.16. The van der Waals surface area contributed by atoms with E-state index in [-0.39, 0.29) is 0 Å². The van der Waals surface area contributed by atoms with Crippen molar-refractivity contribution in [2.24, 2.45) is 0 Å². The zero-order valence-corrected chi connectivity index (χ0v) is 10.8. The number of benzene rings is 1. The third kappa shape index (κ3) is 1.68. The van der Waals surface area contributed by atoms with Gasteiger partial charge in [-0.15, -0.1) is 22.9 Å². The Morgan fingerprint density at radius 2 is 2.29 bits per heavy atom. The number of carbonyl (C=O) groups is 1. The van der Waals surface area contributed by atoms with Crippen LogP contribution in [0.3, 0.4) is 0 Å². The second-order valence-electron chi connectivity index (χ2n) is 2.84. The molecule has 2 aromatic rings. The lowest BCUT2D eigenvalue weighted by atomic mass is 10.2. The van der Waals surface area contributed by atoms with Crippen LogP contribution in [0, 0.1) is 3.57 Å². The molecule has 0 saturated carbocycles.